The Labute approximate surface area is 126 Å². The van der Waals surface area contributed by atoms with Gasteiger partial charge in [-0.05, 0) is 62.8 Å². The zero-order valence-corrected chi connectivity index (χ0v) is 14.3. The number of methoxy groups -OCH3 is 1. The summed E-state index contributed by atoms with van der Waals surface area (Å²) in [6, 6.07) is 0.538. The van der Waals surface area contributed by atoms with Crippen LogP contribution in [0.5, 0.6) is 0 Å². The van der Waals surface area contributed by atoms with Crippen molar-refractivity contribution in [2.45, 2.75) is 83.8 Å². The van der Waals surface area contributed by atoms with Gasteiger partial charge in [0.2, 0.25) is 0 Å². The second-order valence-corrected chi connectivity index (χ2v) is 8.22. The lowest BCUT2D eigenvalue weighted by Gasteiger charge is -2.50. The van der Waals surface area contributed by atoms with Crippen molar-refractivity contribution in [2.24, 2.45) is 17.3 Å². The fraction of sp³-hybridized carbons (Fsp3) is 1.00. The Hall–Kier alpha value is -0.0800. The smallest absolute Gasteiger partial charge is 0.0833 e. The van der Waals surface area contributed by atoms with Crippen LogP contribution in [0.2, 0.25) is 0 Å². The van der Waals surface area contributed by atoms with E-state index in [2.05, 4.69) is 33.1 Å². The van der Waals surface area contributed by atoms with Crippen LogP contribution in [0.25, 0.3) is 0 Å². The second kappa shape index (κ2) is 6.36. The Morgan fingerprint density at radius 3 is 2.00 bits per heavy atom. The molecule has 1 atom stereocenters. The third-order valence-corrected chi connectivity index (χ3v) is 6.27. The zero-order valence-electron chi connectivity index (χ0n) is 14.3. The van der Waals surface area contributed by atoms with E-state index in [9.17, 15) is 0 Å². The number of hydrogen-bond acceptors (Lipinski definition) is 2. The second-order valence-electron chi connectivity index (χ2n) is 8.22. The van der Waals surface area contributed by atoms with E-state index in [0.29, 0.717) is 11.5 Å². The van der Waals surface area contributed by atoms with E-state index in [1.807, 2.05) is 7.11 Å². The predicted molar refractivity (Wildman–Crippen MR) is 86.0 cm³/mol. The monoisotopic (exact) mass is 281 g/mol. The molecule has 0 radical (unpaired) electrons. The first kappa shape index (κ1) is 16.3. The summed E-state index contributed by atoms with van der Waals surface area (Å²) < 4.78 is 6.14. The minimum absolute atomic E-state index is 0.0789. The van der Waals surface area contributed by atoms with Crippen LogP contribution in [0, 0.1) is 17.3 Å². The largest absolute Gasteiger partial charge is 0.377 e. The van der Waals surface area contributed by atoms with Crippen LogP contribution < -0.4 is 5.32 Å². The number of likely N-dealkylation sites (N-methyl/N-ethyl adjacent to an activating group) is 1. The Kier molecular flexibility index (Phi) is 5.18. The molecule has 0 aliphatic heterocycles. The molecule has 1 N–H and O–H groups in total. The van der Waals surface area contributed by atoms with E-state index in [4.69, 9.17) is 4.74 Å². The van der Waals surface area contributed by atoms with Crippen LogP contribution in [0.15, 0.2) is 0 Å². The fourth-order valence-corrected chi connectivity index (χ4v) is 4.54. The number of hydrogen-bond donors (Lipinski definition) is 1. The van der Waals surface area contributed by atoms with Crippen molar-refractivity contribution in [3.63, 3.8) is 0 Å². The van der Waals surface area contributed by atoms with Gasteiger partial charge in [-0.15, -0.1) is 0 Å². The molecule has 2 aliphatic rings. The highest BCUT2D eigenvalue weighted by atomic mass is 16.5. The van der Waals surface area contributed by atoms with Gasteiger partial charge in [-0.1, -0.05) is 33.6 Å². The summed E-state index contributed by atoms with van der Waals surface area (Å²) in [5, 5.41) is 3.65. The van der Waals surface area contributed by atoms with Crippen LogP contribution in [-0.2, 0) is 4.74 Å². The number of rotatable bonds is 4. The quantitative estimate of drug-likeness (QED) is 0.825. The van der Waals surface area contributed by atoms with Gasteiger partial charge < -0.3 is 10.1 Å². The van der Waals surface area contributed by atoms with Crippen molar-refractivity contribution < 1.29 is 4.74 Å². The van der Waals surface area contributed by atoms with E-state index in [1.165, 1.54) is 51.4 Å². The van der Waals surface area contributed by atoms with Crippen molar-refractivity contribution in [3.8, 4) is 0 Å². The molecule has 0 heterocycles. The molecule has 2 heteroatoms. The lowest BCUT2D eigenvalue weighted by atomic mass is 9.64. The lowest BCUT2D eigenvalue weighted by Crippen LogP contribution is -2.57. The highest BCUT2D eigenvalue weighted by Crippen LogP contribution is 2.46. The summed E-state index contributed by atoms with van der Waals surface area (Å²) in [6.45, 7) is 7.21. The summed E-state index contributed by atoms with van der Waals surface area (Å²) >= 11 is 0. The van der Waals surface area contributed by atoms with E-state index < -0.39 is 0 Å². The molecule has 0 bridgehead atoms. The third kappa shape index (κ3) is 3.39. The molecule has 0 aromatic heterocycles. The van der Waals surface area contributed by atoms with Crippen molar-refractivity contribution in [1.29, 1.82) is 0 Å². The van der Waals surface area contributed by atoms with Crippen molar-refractivity contribution in [2.75, 3.05) is 14.2 Å². The van der Waals surface area contributed by atoms with E-state index in [1.54, 1.807) is 0 Å². The minimum atomic E-state index is 0.0789. The average molecular weight is 281 g/mol. The van der Waals surface area contributed by atoms with Gasteiger partial charge in [0.25, 0.3) is 0 Å². The predicted octanol–water partition coefficient (Wildman–Crippen LogP) is 4.39. The molecule has 0 amide bonds. The molecule has 2 saturated carbocycles. The van der Waals surface area contributed by atoms with Crippen LogP contribution >= 0.6 is 0 Å². The van der Waals surface area contributed by atoms with Gasteiger partial charge in [-0.25, -0.2) is 0 Å². The maximum Gasteiger partial charge on any atom is 0.0833 e. The summed E-state index contributed by atoms with van der Waals surface area (Å²) in [7, 11) is 4.08. The van der Waals surface area contributed by atoms with Crippen molar-refractivity contribution >= 4 is 0 Å². The van der Waals surface area contributed by atoms with E-state index >= 15 is 0 Å². The highest BCUT2D eigenvalue weighted by Gasteiger charge is 2.46. The van der Waals surface area contributed by atoms with Crippen LogP contribution in [0.1, 0.15) is 72.1 Å². The van der Waals surface area contributed by atoms with Crippen LogP contribution in [0.4, 0.5) is 0 Å². The molecule has 2 aliphatic carbocycles. The Bertz CT molecular complexity index is 295. The van der Waals surface area contributed by atoms with Gasteiger partial charge in [0.1, 0.15) is 0 Å². The molecular weight excluding hydrogens is 246 g/mol. The Balaban J connectivity index is 2.07. The van der Waals surface area contributed by atoms with E-state index in [0.717, 1.165) is 11.8 Å². The maximum absolute atomic E-state index is 6.14. The van der Waals surface area contributed by atoms with Gasteiger partial charge in [-0.3, -0.25) is 0 Å². The Morgan fingerprint density at radius 1 is 1.00 bits per heavy atom. The zero-order chi connectivity index (χ0) is 14.8. The fourth-order valence-electron chi connectivity index (χ4n) is 4.54. The van der Waals surface area contributed by atoms with Gasteiger partial charge in [0.05, 0.1) is 5.60 Å². The van der Waals surface area contributed by atoms with Crippen molar-refractivity contribution in [3.05, 3.63) is 0 Å². The third-order valence-electron chi connectivity index (χ3n) is 6.27. The topological polar surface area (TPSA) is 21.3 Å². The SMILES string of the molecule is CNC(C1CCC(C)CC1)C1(OC)CCC(C)(C)CC1. The van der Waals surface area contributed by atoms with Crippen molar-refractivity contribution in [1.82, 2.24) is 5.32 Å². The standard InChI is InChI=1S/C18H35NO/c1-14-6-8-15(9-7-14)16(19-4)18(20-5)12-10-17(2,3)11-13-18/h14-16,19H,6-13H2,1-5H3. The van der Waals surface area contributed by atoms with Gasteiger partial charge in [-0.2, -0.15) is 0 Å². The molecule has 2 rings (SSSR count). The summed E-state index contributed by atoms with van der Waals surface area (Å²) in [6.07, 6.45) is 10.6. The molecule has 118 valence electrons. The first-order valence-corrected chi connectivity index (χ1v) is 8.65. The van der Waals surface area contributed by atoms with E-state index in [-0.39, 0.29) is 5.60 Å². The first-order chi connectivity index (χ1) is 9.42. The van der Waals surface area contributed by atoms with Crippen LogP contribution in [0.3, 0.4) is 0 Å². The van der Waals surface area contributed by atoms with Crippen LogP contribution in [-0.4, -0.2) is 25.8 Å². The summed E-state index contributed by atoms with van der Waals surface area (Å²) in [5.74, 6) is 1.73. The summed E-state index contributed by atoms with van der Waals surface area (Å²) in [5.41, 5.74) is 0.580. The lowest BCUT2D eigenvalue weighted by molar-refractivity contribution is -0.101. The molecule has 1 unspecified atom stereocenters. The first-order valence-electron chi connectivity index (χ1n) is 8.65. The molecule has 0 aromatic rings. The molecule has 2 nitrogen and oxygen atoms in total. The summed E-state index contributed by atoms with van der Waals surface area (Å²) in [4.78, 5) is 0. The Morgan fingerprint density at radius 2 is 1.55 bits per heavy atom. The average Bonchev–Trinajstić information content (AvgIpc) is 2.44. The molecule has 0 spiro atoms. The molecule has 20 heavy (non-hydrogen) atoms. The molecular formula is C18H35NO. The molecule has 0 aromatic carbocycles. The minimum Gasteiger partial charge on any atom is -0.377 e. The number of nitrogens with one attached hydrogen (secondary N) is 1. The normalized spacial score (nSPS) is 34.6. The van der Waals surface area contributed by atoms with Gasteiger partial charge >= 0.3 is 0 Å². The van der Waals surface area contributed by atoms with Gasteiger partial charge in [0, 0.05) is 13.2 Å². The number of ether oxygens (including phenoxy) is 1. The molecule has 0 saturated heterocycles. The highest BCUT2D eigenvalue weighted by molar-refractivity contribution is 5.01. The maximum atomic E-state index is 6.14. The molecule has 2 fully saturated rings. The van der Waals surface area contributed by atoms with Gasteiger partial charge in [0.15, 0.2) is 0 Å².